The van der Waals surface area contributed by atoms with E-state index in [1.807, 2.05) is 0 Å². The number of aryl methyl sites for hydroxylation is 4. The summed E-state index contributed by atoms with van der Waals surface area (Å²) < 4.78 is 0. The molecule has 1 atom stereocenters. The maximum atomic E-state index is 3.70. The molecule has 0 spiro atoms. The van der Waals surface area contributed by atoms with Gasteiger partial charge in [0.05, 0.1) is 0 Å². The quantitative estimate of drug-likeness (QED) is 0.764. The van der Waals surface area contributed by atoms with Crippen LogP contribution in [0.5, 0.6) is 0 Å². The maximum Gasteiger partial charge on any atom is 0.0297 e. The van der Waals surface area contributed by atoms with Crippen LogP contribution in [0.1, 0.15) is 60.2 Å². The fourth-order valence-corrected chi connectivity index (χ4v) is 2.97. The molecular weight excluding hydrogens is 266 g/mol. The smallest absolute Gasteiger partial charge is 0.0297 e. The molecule has 0 amide bonds. The Hall–Kier alpha value is -1.60. The monoisotopic (exact) mass is 295 g/mol. The molecule has 22 heavy (non-hydrogen) atoms. The first-order valence-electron chi connectivity index (χ1n) is 8.46. The van der Waals surface area contributed by atoms with Gasteiger partial charge in [0.15, 0.2) is 0 Å². The minimum absolute atomic E-state index is 0.376. The van der Waals surface area contributed by atoms with Crippen LogP contribution in [-0.2, 0) is 19.4 Å². The van der Waals surface area contributed by atoms with Crippen LogP contribution in [-0.4, -0.2) is 0 Å². The van der Waals surface area contributed by atoms with E-state index in [2.05, 4.69) is 76.3 Å². The normalized spacial score (nSPS) is 12.4. The van der Waals surface area contributed by atoms with Crippen LogP contribution in [0.4, 0.5) is 0 Å². The fourth-order valence-electron chi connectivity index (χ4n) is 2.97. The largest absolute Gasteiger partial charge is 0.306 e. The Balaban J connectivity index is 2.12. The zero-order valence-corrected chi connectivity index (χ0v) is 14.7. The lowest BCUT2D eigenvalue weighted by Gasteiger charge is -2.19. The lowest BCUT2D eigenvalue weighted by atomic mass is 9.96. The molecule has 0 fully saturated rings. The molecule has 0 bridgehead atoms. The molecule has 0 saturated carbocycles. The molecular formula is C21H29N. The van der Waals surface area contributed by atoms with Crippen LogP contribution in [0, 0.1) is 13.8 Å². The van der Waals surface area contributed by atoms with Crippen molar-refractivity contribution >= 4 is 0 Å². The van der Waals surface area contributed by atoms with Crippen molar-refractivity contribution in [3.8, 4) is 0 Å². The Morgan fingerprint density at radius 3 is 2.36 bits per heavy atom. The van der Waals surface area contributed by atoms with E-state index in [0.29, 0.717) is 6.04 Å². The van der Waals surface area contributed by atoms with Gasteiger partial charge in [-0.05, 0) is 61.4 Å². The van der Waals surface area contributed by atoms with E-state index < -0.39 is 0 Å². The van der Waals surface area contributed by atoms with Crippen molar-refractivity contribution in [2.24, 2.45) is 0 Å². The summed E-state index contributed by atoms with van der Waals surface area (Å²) in [4.78, 5) is 0. The average molecular weight is 295 g/mol. The highest BCUT2D eigenvalue weighted by Crippen LogP contribution is 2.21. The second-order valence-electron chi connectivity index (χ2n) is 6.27. The first-order chi connectivity index (χ1) is 10.5. The van der Waals surface area contributed by atoms with E-state index in [1.165, 1.54) is 33.4 Å². The van der Waals surface area contributed by atoms with Gasteiger partial charge in [-0.1, -0.05) is 55.8 Å². The summed E-state index contributed by atoms with van der Waals surface area (Å²) in [6, 6.07) is 14.0. The van der Waals surface area contributed by atoms with E-state index in [0.717, 1.165) is 19.4 Å². The van der Waals surface area contributed by atoms with Gasteiger partial charge in [0.2, 0.25) is 0 Å². The van der Waals surface area contributed by atoms with E-state index in [-0.39, 0.29) is 0 Å². The van der Waals surface area contributed by atoms with Gasteiger partial charge >= 0.3 is 0 Å². The molecule has 118 valence electrons. The second-order valence-corrected chi connectivity index (χ2v) is 6.27. The molecule has 2 aromatic carbocycles. The highest BCUT2D eigenvalue weighted by molar-refractivity contribution is 5.35. The van der Waals surface area contributed by atoms with Crippen LogP contribution in [0.3, 0.4) is 0 Å². The van der Waals surface area contributed by atoms with E-state index in [9.17, 15) is 0 Å². The van der Waals surface area contributed by atoms with Crippen molar-refractivity contribution in [2.75, 3.05) is 0 Å². The number of hydrogen-bond acceptors (Lipinski definition) is 1. The Kier molecular flexibility index (Phi) is 5.79. The SMILES string of the molecule is CCc1ccc(C(C)NCc2cc(C)ccc2C)c(CC)c1. The zero-order valence-electron chi connectivity index (χ0n) is 14.7. The lowest BCUT2D eigenvalue weighted by molar-refractivity contribution is 0.569. The van der Waals surface area contributed by atoms with Gasteiger partial charge < -0.3 is 5.32 Å². The van der Waals surface area contributed by atoms with Crippen LogP contribution in [0.25, 0.3) is 0 Å². The molecule has 0 saturated heterocycles. The van der Waals surface area contributed by atoms with Crippen LogP contribution >= 0.6 is 0 Å². The minimum Gasteiger partial charge on any atom is -0.306 e. The molecule has 1 nitrogen and oxygen atoms in total. The minimum atomic E-state index is 0.376. The van der Waals surface area contributed by atoms with Gasteiger partial charge in [-0.25, -0.2) is 0 Å². The molecule has 2 aromatic rings. The molecule has 1 N–H and O–H groups in total. The predicted octanol–water partition coefficient (Wildman–Crippen LogP) is 5.28. The second kappa shape index (κ2) is 7.60. The summed E-state index contributed by atoms with van der Waals surface area (Å²) in [6.45, 7) is 12.0. The Morgan fingerprint density at radius 2 is 1.68 bits per heavy atom. The van der Waals surface area contributed by atoms with Crippen LogP contribution < -0.4 is 5.32 Å². The Morgan fingerprint density at radius 1 is 0.909 bits per heavy atom. The number of nitrogens with one attached hydrogen (secondary N) is 1. The van der Waals surface area contributed by atoms with Gasteiger partial charge in [-0.2, -0.15) is 0 Å². The fraction of sp³-hybridized carbons (Fsp3) is 0.429. The van der Waals surface area contributed by atoms with Gasteiger partial charge in [-0.15, -0.1) is 0 Å². The number of benzene rings is 2. The molecule has 1 heteroatoms. The molecule has 0 heterocycles. The predicted molar refractivity (Wildman–Crippen MR) is 96.4 cm³/mol. The van der Waals surface area contributed by atoms with Crippen molar-refractivity contribution in [1.82, 2.24) is 5.32 Å². The molecule has 1 unspecified atom stereocenters. The summed E-state index contributed by atoms with van der Waals surface area (Å²) in [7, 11) is 0. The summed E-state index contributed by atoms with van der Waals surface area (Å²) in [5.41, 5.74) is 8.43. The third-order valence-electron chi connectivity index (χ3n) is 4.57. The Bertz CT molecular complexity index is 628. The van der Waals surface area contributed by atoms with Crippen LogP contribution in [0.15, 0.2) is 36.4 Å². The maximum absolute atomic E-state index is 3.70. The molecule has 0 aliphatic carbocycles. The van der Waals surface area contributed by atoms with Crippen molar-refractivity contribution in [1.29, 1.82) is 0 Å². The summed E-state index contributed by atoms with van der Waals surface area (Å²) in [5.74, 6) is 0. The molecule has 0 radical (unpaired) electrons. The van der Waals surface area contributed by atoms with Crippen LogP contribution in [0.2, 0.25) is 0 Å². The summed E-state index contributed by atoms with van der Waals surface area (Å²) >= 11 is 0. The summed E-state index contributed by atoms with van der Waals surface area (Å²) in [5, 5.41) is 3.70. The zero-order chi connectivity index (χ0) is 16.1. The van der Waals surface area contributed by atoms with Gasteiger partial charge in [-0.3, -0.25) is 0 Å². The third-order valence-corrected chi connectivity index (χ3v) is 4.57. The first kappa shape index (κ1) is 16.8. The van der Waals surface area contributed by atoms with E-state index in [4.69, 9.17) is 0 Å². The third kappa shape index (κ3) is 3.98. The highest BCUT2D eigenvalue weighted by atomic mass is 14.9. The molecule has 0 aliphatic rings. The van der Waals surface area contributed by atoms with Gasteiger partial charge in [0.25, 0.3) is 0 Å². The van der Waals surface area contributed by atoms with Crippen molar-refractivity contribution in [3.05, 3.63) is 69.8 Å². The van der Waals surface area contributed by atoms with Gasteiger partial charge in [0.1, 0.15) is 0 Å². The standard InChI is InChI=1S/C21H29N/c1-6-18-10-11-21(19(7-2)13-18)17(5)22-14-20-12-15(3)8-9-16(20)4/h8-13,17,22H,6-7,14H2,1-5H3. The van der Waals surface area contributed by atoms with E-state index in [1.54, 1.807) is 0 Å². The number of hydrogen-bond donors (Lipinski definition) is 1. The van der Waals surface area contributed by atoms with Crippen molar-refractivity contribution in [2.45, 2.75) is 60.0 Å². The molecule has 0 aliphatic heterocycles. The van der Waals surface area contributed by atoms with Gasteiger partial charge in [0, 0.05) is 12.6 Å². The van der Waals surface area contributed by atoms with Crippen molar-refractivity contribution < 1.29 is 0 Å². The lowest BCUT2D eigenvalue weighted by Crippen LogP contribution is -2.20. The van der Waals surface area contributed by atoms with Crippen molar-refractivity contribution in [3.63, 3.8) is 0 Å². The first-order valence-corrected chi connectivity index (χ1v) is 8.46. The summed E-state index contributed by atoms with van der Waals surface area (Å²) in [6.07, 6.45) is 2.20. The topological polar surface area (TPSA) is 12.0 Å². The average Bonchev–Trinajstić information content (AvgIpc) is 2.54. The Labute approximate surface area is 135 Å². The van der Waals surface area contributed by atoms with E-state index >= 15 is 0 Å². The molecule has 0 aromatic heterocycles. The molecule has 2 rings (SSSR count). The number of rotatable bonds is 6. The highest BCUT2D eigenvalue weighted by Gasteiger charge is 2.10.